The second-order valence-corrected chi connectivity index (χ2v) is 7.53. The van der Waals surface area contributed by atoms with Crippen LogP contribution in [0.1, 0.15) is 42.5 Å². The number of nitrogens with one attached hydrogen (secondary N) is 1. The summed E-state index contributed by atoms with van der Waals surface area (Å²) in [5, 5.41) is 0. The van der Waals surface area contributed by atoms with E-state index in [2.05, 4.69) is 10.6 Å². The smallest absolute Gasteiger partial charge is 0.253 e. The van der Waals surface area contributed by atoms with Crippen molar-refractivity contribution in [3.8, 4) is 12.3 Å². The molecule has 0 atom stereocenters. The summed E-state index contributed by atoms with van der Waals surface area (Å²) in [5.41, 5.74) is 0.494. The second kappa shape index (κ2) is 7.62. The van der Waals surface area contributed by atoms with Crippen molar-refractivity contribution >= 4 is 15.9 Å². The highest BCUT2D eigenvalue weighted by Crippen LogP contribution is 2.23. The molecule has 0 bridgehead atoms. The summed E-state index contributed by atoms with van der Waals surface area (Å²) in [4.78, 5) is 14.4. The van der Waals surface area contributed by atoms with Crippen molar-refractivity contribution in [2.75, 3.05) is 13.6 Å². The van der Waals surface area contributed by atoms with E-state index in [9.17, 15) is 13.2 Å². The van der Waals surface area contributed by atoms with Gasteiger partial charge in [-0.25, -0.2) is 8.42 Å². The van der Waals surface area contributed by atoms with Gasteiger partial charge in [0.15, 0.2) is 0 Å². The molecule has 1 amide bonds. The van der Waals surface area contributed by atoms with Gasteiger partial charge in [0.2, 0.25) is 10.0 Å². The molecule has 1 aliphatic carbocycles. The number of amides is 1. The fraction of sp³-hybridized carbons (Fsp3) is 0.471. The maximum atomic E-state index is 12.5. The largest absolute Gasteiger partial charge is 0.339 e. The molecule has 0 heterocycles. The molecule has 5 nitrogen and oxygen atoms in total. The predicted octanol–water partition coefficient (Wildman–Crippen LogP) is 2.00. The molecule has 0 radical (unpaired) electrons. The number of hydrogen-bond acceptors (Lipinski definition) is 3. The molecular weight excluding hydrogens is 312 g/mol. The van der Waals surface area contributed by atoms with Gasteiger partial charge in [-0.3, -0.25) is 4.79 Å². The van der Waals surface area contributed by atoms with E-state index < -0.39 is 10.0 Å². The maximum Gasteiger partial charge on any atom is 0.253 e. The standard InChI is InChI=1S/C17H22N2O3S/c1-3-13-18-23(21,22)16-11-9-14(10-12-16)17(20)19(2)15-7-5-4-6-8-15/h1,9-12,15,18H,4-8,13H2,2H3. The molecule has 0 unspecified atom stereocenters. The number of nitrogens with zero attached hydrogens (tertiary/aromatic N) is 1. The monoisotopic (exact) mass is 334 g/mol. The van der Waals surface area contributed by atoms with Crippen LogP contribution in [0, 0.1) is 12.3 Å². The lowest BCUT2D eigenvalue weighted by atomic mass is 9.94. The quantitative estimate of drug-likeness (QED) is 0.838. The molecule has 1 saturated carbocycles. The Kier molecular flexibility index (Phi) is 5.80. The third-order valence-corrected chi connectivity index (χ3v) is 5.64. The van der Waals surface area contributed by atoms with Crippen molar-refractivity contribution in [1.29, 1.82) is 0 Å². The van der Waals surface area contributed by atoms with Crippen molar-refractivity contribution in [2.24, 2.45) is 0 Å². The van der Waals surface area contributed by atoms with Crippen molar-refractivity contribution < 1.29 is 13.2 Å². The van der Waals surface area contributed by atoms with E-state index in [1.807, 2.05) is 7.05 Å². The maximum absolute atomic E-state index is 12.5. The van der Waals surface area contributed by atoms with Crippen molar-refractivity contribution in [2.45, 2.75) is 43.0 Å². The van der Waals surface area contributed by atoms with Crippen molar-refractivity contribution in [3.05, 3.63) is 29.8 Å². The van der Waals surface area contributed by atoms with E-state index >= 15 is 0 Å². The number of benzene rings is 1. The fourth-order valence-corrected chi connectivity index (χ4v) is 3.77. The number of rotatable bonds is 5. The number of sulfonamides is 1. The van der Waals surface area contributed by atoms with Crippen LogP contribution in [0.15, 0.2) is 29.2 Å². The molecule has 0 saturated heterocycles. The summed E-state index contributed by atoms with van der Waals surface area (Å²) in [6.07, 6.45) is 10.7. The van der Waals surface area contributed by atoms with E-state index in [0.717, 1.165) is 25.7 Å². The average Bonchev–Trinajstić information content (AvgIpc) is 2.59. The minimum atomic E-state index is -3.62. The number of carbonyl (C=O) groups excluding carboxylic acids is 1. The molecule has 6 heteroatoms. The Bertz CT molecular complexity index is 684. The van der Waals surface area contributed by atoms with Crippen LogP contribution in [-0.4, -0.2) is 38.9 Å². The minimum Gasteiger partial charge on any atom is -0.339 e. The Morgan fingerprint density at radius 2 is 1.87 bits per heavy atom. The van der Waals surface area contributed by atoms with Gasteiger partial charge in [-0.1, -0.05) is 25.2 Å². The van der Waals surface area contributed by atoms with Crippen LogP contribution in [-0.2, 0) is 10.0 Å². The Balaban J connectivity index is 2.09. The normalized spacial score (nSPS) is 15.8. The van der Waals surface area contributed by atoms with Crippen LogP contribution >= 0.6 is 0 Å². The third-order valence-electron chi connectivity index (χ3n) is 4.22. The third kappa shape index (κ3) is 4.34. The molecule has 1 aliphatic rings. The van der Waals surface area contributed by atoms with E-state index in [-0.39, 0.29) is 23.4 Å². The van der Waals surface area contributed by atoms with Crippen molar-refractivity contribution in [1.82, 2.24) is 9.62 Å². The Morgan fingerprint density at radius 1 is 1.26 bits per heavy atom. The van der Waals surface area contributed by atoms with E-state index in [4.69, 9.17) is 6.42 Å². The fourth-order valence-electron chi connectivity index (χ4n) is 2.83. The molecule has 0 aliphatic heterocycles. The molecule has 1 aromatic carbocycles. The summed E-state index contributed by atoms with van der Waals surface area (Å²) < 4.78 is 26.2. The van der Waals surface area contributed by atoms with Crippen LogP contribution in [0.4, 0.5) is 0 Å². The van der Waals surface area contributed by atoms with Gasteiger partial charge in [-0.15, -0.1) is 6.42 Å². The van der Waals surface area contributed by atoms with E-state index in [1.54, 1.807) is 17.0 Å². The molecule has 0 spiro atoms. The zero-order valence-electron chi connectivity index (χ0n) is 13.3. The highest BCUT2D eigenvalue weighted by molar-refractivity contribution is 7.89. The summed E-state index contributed by atoms with van der Waals surface area (Å²) >= 11 is 0. The highest BCUT2D eigenvalue weighted by Gasteiger charge is 2.23. The summed E-state index contributed by atoms with van der Waals surface area (Å²) in [6.45, 7) is -0.0621. The minimum absolute atomic E-state index is 0.0621. The van der Waals surface area contributed by atoms with Gasteiger partial charge in [0.25, 0.3) is 5.91 Å². The highest BCUT2D eigenvalue weighted by atomic mass is 32.2. The van der Waals surface area contributed by atoms with Gasteiger partial charge >= 0.3 is 0 Å². The van der Waals surface area contributed by atoms with Crippen LogP contribution in [0.5, 0.6) is 0 Å². The summed E-state index contributed by atoms with van der Waals surface area (Å²) in [6, 6.07) is 6.23. The Labute approximate surface area is 138 Å². The van der Waals surface area contributed by atoms with E-state index in [0.29, 0.717) is 5.56 Å². The number of terminal acetylenes is 1. The summed E-state index contributed by atoms with van der Waals surface area (Å²) in [7, 11) is -1.81. The number of carbonyl (C=O) groups is 1. The first-order valence-electron chi connectivity index (χ1n) is 7.76. The molecule has 23 heavy (non-hydrogen) atoms. The summed E-state index contributed by atoms with van der Waals surface area (Å²) in [5.74, 6) is 2.15. The van der Waals surface area contributed by atoms with Gasteiger partial charge < -0.3 is 4.90 Å². The first-order chi connectivity index (χ1) is 11.0. The van der Waals surface area contributed by atoms with Crippen LogP contribution in [0.25, 0.3) is 0 Å². The lowest BCUT2D eigenvalue weighted by Gasteiger charge is -2.31. The molecule has 0 aromatic heterocycles. The van der Waals surface area contributed by atoms with Crippen LogP contribution in [0.2, 0.25) is 0 Å². The SMILES string of the molecule is C#CCNS(=O)(=O)c1ccc(C(=O)N(C)C2CCCCC2)cc1. The molecule has 124 valence electrons. The number of hydrogen-bond donors (Lipinski definition) is 1. The van der Waals surface area contributed by atoms with Gasteiger partial charge in [0, 0.05) is 18.7 Å². The first kappa shape index (κ1) is 17.5. The Hall–Kier alpha value is -1.84. The lowest BCUT2D eigenvalue weighted by Crippen LogP contribution is -2.38. The molecule has 2 rings (SSSR count). The predicted molar refractivity (Wildman–Crippen MR) is 89.4 cm³/mol. The topological polar surface area (TPSA) is 66.5 Å². The van der Waals surface area contributed by atoms with Crippen LogP contribution in [0.3, 0.4) is 0 Å². The Morgan fingerprint density at radius 3 is 2.43 bits per heavy atom. The van der Waals surface area contributed by atoms with Crippen molar-refractivity contribution in [3.63, 3.8) is 0 Å². The molecular formula is C17H22N2O3S. The molecule has 1 N–H and O–H groups in total. The van der Waals surface area contributed by atoms with E-state index in [1.165, 1.54) is 18.6 Å². The first-order valence-corrected chi connectivity index (χ1v) is 9.24. The molecule has 1 aromatic rings. The van der Waals surface area contributed by atoms with Gasteiger partial charge in [-0.05, 0) is 37.1 Å². The zero-order chi connectivity index (χ0) is 16.9. The lowest BCUT2D eigenvalue weighted by molar-refractivity contribution is 0.0696. The van der Waals surface area contributed by atoms with Gasteiger partial charge in [0.1, 0.15) is 0 Å². The van der Waals surface area contributed by atoms with Gasteiger partial charge in [-0.2, -0.15) is 4.72 Å². The average molecular weight is 334 g/mol. The molecule has 1 fully saturated rings. The van der Waals surface area contributed by atoms with Gasteiger partial charge in [0.05, 0.1) is 11.4 Å². The van der Waals surface area contributed by atoms with Crippen LogP contribution < -0.4 is 4.72 Å². The zero-order valence-corrected chi connectivity index (χ0v) is 14.1. The second-order valence-electron chi connectivity index (χ2n) is 5.76.